The van der Waals surface area contributed by atoms with Crippen LogP contribution in [0.15, 0.2) is 12.4 Å². The Morgan fingerprint density at radius 1 is 1.26 bits per heavy atom. The third-order valence-corrected chi connectivity index (χ3v) is 4.32. The highest BCUT2D eigenvalue weighted by Crippen LogP contribution is 2.17. The van der Waals surface area contributed by atoms with Crippen LogP contribution in [-0.4, -0.2) is 90.0 Å². The first kappa shape index (κ1) is 17.6. The summed E-state index contributed by atoms with van der Waals surface area (Å²) in [5.41, 5.74) is 0.377. The Balaban J connectivity index is 1.97. The van der Waals surface area contributed by atoms with E-state index in [0.717, 1.165) is 32.7 Å². The number of carbonyl (C=O) groups excluding carboxylic acids is 1. The topological polar surface area (TPSA) is 64.6 Å². The monoisotopic (exact) mass is 320 g/mol. The highest BCUT2D eigenvalue weighted by molar-refractivity contribution is 5.91. The highest BCUT2D eigenvalue weighted by atomic mass is 16.2. The van der Waals surface area contributed by atoms with Crippen LogP contribution in [0, 0.1) is 0 Å². The predicted octanol–water partition coefficient (Wildman–Crippen LogP) is 0.616. The van der Waals surface area contributed by atoms with Gasteiger partial charge in [0.1, 0.15) is 11.5 Å². The number of aromatic nitrogens is 2. The molecular weight excluding hydrogens is 292 g/mol. The lowest BCUT2D eigenvalue weighted by Crippen LogP contribution is -2.56. The van der Waals surface area contributed by atoms with Crippen molar-refractivity contribution in [3.05, 3.63) is 18.1 Å². The van der Waals surface area contributed by atoms with Gasteiger partial charge in [-0.25, -0.2) is 4.98 Å². The van der Waals surface area contributed by atoms with Gasteiger partial charge in [-0.05, 0) is 20.9 Å². The Morgan fingerprint density at radius 3 is 2.52 bits per heavy atom. The van der Waals surface area contributed by atoms with Crippen LogP contribution >= 0.6 is 0 Å². The lowest BCUT2D eigenvalue weighted by molar-refractivity contribution is 0.0698. The van der Waals surface area contributed by atoms with Crippen molar-refractivity contribution < 1.29 is 4.79 Å². The first-order valence-electron chi connectivity index (χ1n) is 8.01. The van der Waals surface area contributed by atoms with Crippen LogP contribution in [0.1, 0.15) is 24.3 Å². The Morgan fingerprint density at radius 2 is 1.91 bits per heavy atom. The molecule has 1 saturated heterocycles. The van der Waals surface area contributed by atoms with Crippen LogP contribution in [-0.2, 0) is 0 Å². The minimum absolute atomic E-state index is 0.0184. The molecule has 1 fully saturated rings. The lowest BCUT2D eigenvalue weighted by atomic mass is 10.0. The van der Waals surface area contributed by atoms with Gasteiger partial charge in [-0.15, -0.1) is 0 Å². The van der Waals surface area contributed by atoms with Gasteiger partial charge >= 0.3 is 0 Å². The number of piperazine rings is 1. The smallest absolute Gasteiger partial charge is 0.273 e. The van der Waals surface area contributed by atoms with E-state index in [1.54, 1.807) is 20.3 Å². The zero-order chi connectivity index (χ0) is 17.0. The fraction of sp³-hybridized carbons (Fsp3) is 0.688. The molecule has 0 radical (unpaired) electrons. The molecule has 1 aromatic rings. The van der Waals surface area contributed by atoms with Crippen LogP contribution in [0.4, 0.5) is 5.82 Å². The number of amides is 1. The molecule has 23 heavy (non-hydrogen) atoms. The zero-order valence-electron chi connectivity index (χ0n) is 14.8. The van der Waals surface area contributed by atoms with Crippen molar-refractivity contribution in [3.63, 3.8) is 0 Å². The second-order valence-electron chi connectivity index (χ2n) is 6.95. The Kier molecular flexibility index (Phi) is 5.54. The molecule has 1 aromatic heterocycles. The number of hydrogen-bond acceptors (Lipinski definition) is 6. The van der Waals surface area contributed by atoms with Crippen molar-refractivity contribution in [2.24, 2.45) is 0 Å². The molecule has 128 valence electrons. The van der Waals surface area contributed by atoms with Gasteiger partial charge in [0, 0.05) is 52.4 Å². The third-order valence-electron chi connectivity index (χ3n) is 4.32. The molecule has 0 aromatic carbocycles. The average Bonchev–Trinajstić information content (AvgIpc) is 2.53. The summed E-state index contributed by atoms with van der Waals surface area (Å²) in [5, 5.41) is 3.33. The fourth-order valence-corrected chi connectivity index (χ4v) is 2.61. The van der Waals surface area contributed by atoms with Gasteiger partial charge in [0.2, 0.25) is 0 Å². The van der Waals surface area contributed by atoms with Crippen LogP contribution in [0.3, 0.4) is 0 Å². The van der Waals surface area contributed by atoms with Crippen LogP contribution in [0.25, 0.3) is 0 Å². The standard InChI is InChI=1S/C16H28N6O/c1-16(2,22-8-6-21(5)7-9-22)12-18-14-11-17-10-13(19-14)15(23)20(3)4/h10-11H,6-9,12H2,1-5H3,(H,18,19). The molecule has 1 aliphatic heterocycles. The van der Waals surface area contributed by atoms with Gasteiger partial charge < -0.3 is 15.1 Å². The summed E-state index contributed by atoms with van der Waals surface area (Å²) in [7, 11) is 5.58. The SMILES string of the molecule is CN1CCN(C(C)(C)CNc2cncc(C(=O)N(C)C)n2)CC1. The maximum atomic E-state index is 12.0. The number of nitrogens with one attached hydrogen (secondary N) is 1. The van der Waals surface area contributed by atoms with E-state index < -0.39 is 0 Å². The van der Waals surface area contributed by atoms with Crippen molar-refractivity contribution in [3.8, 4) is 0 Å². The second-order valence-corrected chi connectivity index (χ2v) is 6.95. The Hall–Kier alpha value is -1.73. The quantitative estimate of drug-likeness (QED) is 0.858. The number of rotatable bonds is 5. The lowest BCUT2D eigenvalue weighted by Gasteiger charge is -2.43. The second kappa shape index (κ2) is 7.23. The molecule has 0 spiro atoms. The maximum Gasteiger partial charge on any atom is 0.273 e. The molecule has 1 N–H and O–H groups in total. The molecular formula is C16H28N6O. The summed E-state index contributed by atoms with van der Waals surface area (Å²) in [6.45, 7) is 9.53. The minimum atomic E-state index is -0.139. The number of carbonyl (C=O) groups is 1. The number of nitrogens with zero attached hydrogens (tertiary/aromatic N) is 5. The highest BCUT2D eigenvalue weighted by Gasteiger charge is 2.29. The molecule has 0 unspecified atom stereocenters. The van der Waals surface area contributed by atoms with E-state index >= 15 is 0 Å². The summed E-state index contributed by atoms with van der Waals surface area (Å²) >= 11 is 0. The molecule has 0 saturated carbocycles. The number of anilines is 1. The third kappa shape index (κ3) is 4.62. The van der Waals surface area contributed by atoms with Crippen molar-refractivity contribution in [2.45, 2.75) is 19.4 Å². The molecule has 0 bridgehead atoms. The largest absolute Gasteiger partial charge is 0.367 e. The summed E-state index contributed by atoms with van der Waals surface area (Å²) in [6.07, 6.45) is 3.16. The Bertz CT molecular complexity index is 537. The fourth-order valence-electron chi connectivity index (χ4n) is 2.61. The normalized spacial score (nSPS) is 17.1. The van der Waals surface area contributed by atoms with Gasteiger partial charge in [-0.3, -0.25) is 14.7 Å². The zero-order valence-corrected chi connectivity index (χ0v) is 14.8. The van der Waals surface area contributed by atoms with E-state index in [9.17, 15) is 4.79 Å². The van der Waals surface area contributed by atoms with Gasteiger partial charge in [-0.1, -0.05) is 0 Å². The average molecular weight is 320 g/mol. The minimum Gasteiger partial charge on any atom is -0.367 e. The van der Waals surface area contributed by atoms with E-state index in [0.29, 0.717) is 11.5 Å². The van der Waals surface area contributed by atoms with Gasteiger partial charge in [0.25, 0.3) is 5.91 Å². The first-order chi connectivity index (χ1) is 10.8. The summed E-state index contributed by atoms with van der Waals surface area (Å²) in [5.74, 6) is 0.499. The molecule has 0 aliphatic carbocycles. The van der Waals surface area contributed by atoms with Gasteiger partial charge in [-0.2, -0.15) is 0 Å². The summed E-state index contributed by atoms with van der Waals surface area (Å²) < 4.78 is 0. The Labute approximate surface area is 138 Å². The van der Waals surface area contributed by atoms with Crippen LogP contribution < -0.4 is 5.32 Å². The number of hydrogen-bond donors (Lipinski definition) is 1. The van der Waals surface area contributed by atoms with Crippen LogP contribution in [0.2, 0.25) is 0 Å². The number of likely N-dealkylation sites (N-methyl/N-ethyl adjacent to an activating group) is 1. The summed E-state index contributed by atoms with van der Waals surface area (Å²) in [6, 6.07) is 0. The van der Waals surface area contributed by atoms with Crippen LogP contribution in [0.5, 0.6) is 0 Å². The van der Waals surface area contributed by atoms with Crippen molar-refractivity contribution in [1.82, 2.24) is 24.7 Å². The van der Waals surface area contributed by atoms with E-state index in [1.165, 1.54) is 11.1 Å². The maximum absolute atomic E-state index is 12.0. The molecule has 2 heterocycles. The molecule has 2 rings (SSSR count). The van der Waals surface area contributed by atoms with Gasteiger partial charge in [0.15, 0.2) is 0 Å². The van der Waals surface area contributed by atoms with Crippen molar-refractivity contribution >= 4 is 11.7 Å². The van der Waals surface area contributed by atoms with Gasteiger partial charge in [0.05, 0.1) is 12.4 Å². The van der Waals surface area contributed by atoms with E-state index in [4.69, 9.17) is 0 Å². The van der Waals surface area contributed by atoms with E-state index in [-0.39, 0.29) is 11.4 Å². The predicted molar refractivity (Wildman–Crippen MR) is 91.7 cm³/mol. The van der Waals surface area contributed by atoms with Crippen molar-refractivity contribution in [1.29, 1.82) is 0 Å². The van der Waals surface area contributed by atoms with E-state index in [1.807, 2.05) is 0 Å². The molecule has 1 aliphatic rings. The molecule has 1 amide bonds. The summed E-state index contributed by atoms with van der Waals surface area (Å²) in [4.78, 5) is 26.8. The molecule has 7 heteroatoms. The van der Waals surface area contributed by atoms with Crippen molar-refractivity contribution in [2.75, 3.05) is 59.2 Å². The van der Waals surface area contributed by atoms with E-state index in [2.05, 4.69) is 46.0 Å². The molecule has 0 atom stereocenters. The molecule has 7 nitrogen and oxygen atoms in total. The first-order valence-corrected chi connectivity index (χ1v) is 8.01.